The summed E-state index contributed by atoms with van der Waals surface area (Å²) in [7, 11) is 3.53. The van der Waals surface area contributed by atoms with Crippen molar-refractivity contribution in [3.8, 4) is 0 Å². The molecule has 0 bridgehead atoms. The second-order valence-electron chi connectivity index (χ2n) is 6.73. The Balaban J connectivity index is 1.73. The van der Waals surface area contributed by atoms with E-state index in [0.29, 0.717) is 6.54 Å². The Morgan fingerprint density at radius 3 is 2.23 bits per heavy atom. The Hall–Kier alpha value is -1.92. The Kier molecular flexibility index (Phi) is 5.94. The summed E-state index contributed by atoms with van der Waals surface area (Å²) in [6.45, 7) is 1.36. The van der Waals surface area contributed by atoms with Gasteiger partial charge in [-0.1, -0.05) is 12.1 Å². The molecular weight excluding hydrogens is 354 g/mol. The molecule has 1 aliphatic rings. The number of halogens is 2. The highest BCUT2D eigenvalue weighted by Crippen LogP contribution is 2.34. The number of rotatable bonds is 5. The highest BCUT2D eigenvalue weighted by Gasteiger charge is 2.37. The van der Waals surface area contributed by atoms with Gasteiger partial charge in [0, 0.05) is 37.3 Å². The van der Waals surface area contributed by atoms with Crippen LogP contribution in [0.5, 0.6) is 0 Å². The standard InChI is InChI=1S/C20H22F2N2OS/c1-23(2)20(25)19-11-18(26-17-9-7-16(22)8-10-17)13-24(19)12-14-3-5-15(21)6-4-14/h3-10,18-19H,11-13H2,1-2H3/t18-,19+/m1/s1. The van der Waals surface area contributed by atoms with E-state index in [1.807, 2.05) is 0 Å². The summed E-state index contributed by atoms with van der Waals surface area (Å²) in [4.78, 5) is 17.4. The Bertz CT molecular complexity index is 749. The van der Waals surface area contributed by atoms with E-state index in [4.69, 9.17) is 0 Å². The van der Waals surface area contributed by atoms with Gasteiger partial charge in [0.2, 0.25) is 5.91 Å². The predicted octanol–water partition coefficient (Wildman–Crippen LogP) is 3.79. The smallest absolute Gasteiger partial charge is 0.239 e. The number of thioether (sulfide) groups is 1. The minimum absolute atomic E-state index is 0.0781. The fourth-order valence-corrected chi connectivity index (χ4v) is 4.43. The second kappa shape index (κ2) is 8.18. The summed E-state index contributed by atoms with van der Waals surface area (Å²) in [6, 6.07) is 12.6. The van der Waals surface area contributed by atoms with Crippen LogP contribution in [0.15, 0.2) is 53.4 Å². The predicted molar refractivity (Wildman–Crippen MR) is 100.0 cm³/mol. The first-order valence-corrected chi connectivity index (χ1v) is 9.42. The van der Waals surface area contributed by atoms with Crippen LogP contribution in [0.25, 0.3) is 0 Å². The van der Waals surface area contributed by atoms with Crippen LogP contribution in [0.2, 0.25) is 0 Å². The van der Waals surface area contributed by atoms with Gasteiger partial charge in [0.15, 0.2) is 0 Å². The molecule has 0 N–H and O–H groups in total. The van der Waals surface area contributed by atoms with Gasteiger partial charge in [0.1, 0.15) is 11.6 Å². The number of hydrogen-bond donors (Lipinski definition) is 0. The van der Waals surface area contributed by atoms with E-state index in [-0.39, 0.29) is 28.8 Å². The van der Waals surface area contributed by atoms with Crippen molar-refractivity contribution >= 4 is 17.7 Å². The number of carbonyl (C=O) groups is 1. The molecule has 3 rings (SSSR count). The first-order chi connectivity index (χ1) is 12.4. The van der Waals surface area contributed by atoms with Crippen molar-refractivity contribution in [2.45, 2.75) is 29.2 Å². The molecular formula is C20H22F2N2OS. The molecule has 1 saturated heterocycles. The monoisotopic (exact) mass is 376 g/mol. The van der Waals surface area contributed by atoms with Crippen LogP contribution in [-0.4, -0.2) is 47.6 Å². The highest BCUT2D eigenvalue weighted by atomic mass is 32.2. The van der Waals surface area contributed by atoms with Gasteiger partial charge in [-0.15, -0.1) is 11.8 Å². The number of carbonyl (C=O) groups excluding carboxylic acids is 1. The zero-order valence-electron chi connectivity index (χ0n) is 14.9. The summed E-state index contributed by atoms with van der Waals surface area (Å²) >= 11 is 1.67. The van der Waals surface area contributed by atoms with Crippen LogP contribution in [0, 0.1) is 11.6 Å². The zero-order chi connectivity index (χ0) is 18.7. The number of likely N-dealkylation sites (N-methyl/N-ethyl adjacent to an activating group) is 1. The number of hydrogen-bond acceptors (Lipinski definition) is 3. The third-order valence-electron chi connectivity index (χ3n) is 4.51. The number of nitrogens with zero attached hydrogens (tertiary/aromatic N) is 2. The lowest BCUT2D eigenvalue weighted by atomic mass is 10.1. The quantitative estimate of drug-likeness (QED) is 0.793. The van der Waals surface area contributed by atoms with Crippen LogP contribution in [-0.2, 0) is 11.3 Å². The lowest BCUT2D eigenvalue weighted by Gasteiger charge is -2.25. The number of amides is 1. The van der Waals surface area contributed by atoms with E-state index in [0.717, 1.165) is 23.4 Å². The summed E-state index contributed by atoms with van der Waals surface area (Å²) in [6.07, 6.45) is 0.736. The summed E-state index contributed by atoms with van der Waals surface area (Å²) in [5, 5.41) is 0.245. The Morgan fingerprint density at radius 2 is 1.65 bits per heavy atom. The first kappa shape index (κ1) is 18.9. The largest absolute Gasteiger partial charge is 0.347 e. The van der Waals surface area contributed by atoms with Gasteiger partial charge in [0.05, 0.1) is 6.04 Å². The van der Waals surface area contributed by atoms with Crippen LogP contribution in [0.3, 0.4) is 0 Å². The SMILES string of the molecule is CN(C)C(=O)[C@@H]1C[C@@H](Sc2ccc(F)cc2)CN1Cc1ccc(F)cc1. The fraction of sp³-hybridized carbons (Fsp3) is 0.350. The maximum absolute atomic E-state index is 13.1. The molecule has 3 nitrogen and oxygen atoms in total. The number of likely N-dealkylation sites (tertiary alicyclic amines) is 1. The van der Waals surface area contributed by atoms with Gasteiger partial charge >= 0.3 is 0 Å². The molecule has 0 aliphatic carbocycles. The lowest BCUT2D eigenvalue weighted by Crippen LogP contribution is -2.42. The van der Waals surface area contributed by atoms with Gasteiger partial charge in [-0.2, -0.15) is 0 Å². The van der Waals surface area contributed by atoms with Gasteiger partial charge in [-0.25, -0.2) is 8.78 Å². The molecule has 0 radical (unpaired) electrons. The van der Waals surface area contributed by atoms with Crippen LogP contribution in [0.4, 0.5) is 8.78 Å². The lowest BCUT2D eigenvalue weighted by molar-refractivity contribution is -0.133. The molecule has 1 fully saturated rings. The van der Waals surface area contributed by atoms with Crippen molar-refractivity contribution in [1.82, 2.24) is 9.80 Å². The van der Waals surface area contributed by atoms with Crippen molar-refractivity contribution < 1.29 is 13.6 Å². The maximum Gasteiger partial charge on any atom is 0.239 e. The summed E-state index contributed by atoms with van der Waals surface area (Å²) < 4.78 is 26.2. The average Bonchev–Trinajstić information content (AvgIpc) is 3.00. The van der Waals surface area contributed by atoms with Gasteiger partial charge in [0.25, 0.3) is 0 Å². The fourth-order valence-electron chi connectivity index (χ4n) is 3.21. The Morgan fingerprint density at radius 1 is 1.08 bits per heavy atom. The average molecular weight is 376 g/mol. The van der Waals surface area contributed by atoms with Crippen LogP contribution >= 0.6 is 11.8 Å². The van der Waals surface area contributed by atoms with E-state index >= 15 is 0 Å². The maximum atomic E-state index is 13.1. The van der Waals surface area contributed by atoms with E-state index in [1.165, 1.54) is 24.3 Å². The highest BCUT2D eigenvalue weighted by molar-refractivity contribution is 8.00. The topological polar surface area (TPSA) is 23.6 Å². The number of benzene rings is 2. The molecule has 1 heterocycles. The zero-order valence-corrected chi connectivity index (χ0v) is 15.7. The minimum atomic E-state index is -0.263. The molecule has 1 aliphatic heterocycles. The Labute approximate surface area is 157 Å². The normalized spacial score (nSPS) is 20.3. The van der Waals surface area contributed by atoms with E-state index in [1.54, 1.807) is 55.0 Å². The van der Waals surface area contributed by atoms with Crippen molar-refractivity contribution in [3.63, 3.8) is 0 Å². The second-order valence-corrected chi connectivity index (χ2v) is 8.11. The summed E-state index contributed by atoms with van der Waals surface area (Å²) in [5.41, 5.74) is 0.982. The summed E-state index contributed by atoms with van der Waals surface area (Å²) in [5.74, 6) is -0.436. The molecule has 2 aromatic carbocycles. The van der Waals surface area contributed by atoms with Crippen molar-refractivity contribution in [3.05, 3.63) is 65.7 Å². The third-order valence-corrected chi connectivity index (χ3v) is 5.73. The molecule has 0 unspecified atom stereocenters. The molecule has 6 heteroatoms. The van der Waals surface area contributed by atoms with Crippen molar-refractivity contribution in [2.24, 2.45) is 0 Å². The van der Waals surface area contributed by atoms with Crippen LogP contribution < -0.4 is 0 Å². The van der Waals surface area contributed by atoms with Gasteiger partial charge in [-0.05, 0) is 48.4 Å². The molecule has 0 spiro atoms. The molecule has 2 atom stereocenters. The van der Waals surface area contributed by atoms with E-state index in [2.05, 4.69) is 4.90 Å². The third kappa shape index (κ3) is 4.62. The van der Waals surface area contributed by atoms with E-state index in [9.17, 15) is 13.6 Å². The van der Waals surface area contributed by atoms with Crippen molar-refractivity contribution in [2.75, 3.05) is 20.6 Å². The molecule has 0 aromatic heterocycles. The molecule has 1 amide bonds. The molecule has 26 heavy (non-hydrogen) atoms. The molecule has 2 aromatic rings. The van der Waals surface area contributed by atoms with E-state index < -0.39 is 0 Å². The molecule has 138 valence electrons. The first-order valence-electron chi connectivity index (χ1n) is 8.54. The van der Waals surface area contributed by atoms with Gasteiger partial charge in [-0.3, -0.25) is 9.69 Å². The van der Waals surface area contributed by atoms with Gasteiger partial charge < -0.3 is 4.90 Å². The van der Waals surface area contributed by atoms with Crippen molar-refractivity contribution in [1.29, 1.82) is 0 Å². The van der Waals surface area contributed by atoms with Crippen LogP contribution in [0.1, 0.15) is 12.0 Å². The minimum Gasteiger partial charge on any atom is -0.347 e. The molecule has 0 saturated carbocycles.